The SMILES string of the molecule is CC(=O)CC(C)=O.[Ir+3].[c-]1c(-c2nc3ccccc3c3ccccc23)sc2ccccc12.[c-]1c(-c2nc3ccccc3c3ccccc23)sc2ccccc12. The number of benzene rings is 6. The summed E-state index contributed by atoms with van der Waals surface area (Å²) in [6.45, 7) is 2.81. The van der Waals surface area contributed by atoms with Crippen LogP contribution in [0.15, 0.2) is 146 Å². The van der Waals surface area contributed by atoms with E-state index in [-0.39, 0.29) is 38.1 Å². The Labute approximate surface area is 334 Å². The smallest absolute Gasteiger partial charge is 0.300 e. The molecule has 10 aromatic rings. The number of ketones is 2. The minimum Gasteiger partial charge on any atom is -0.300 e. The van der Waals surface area contributed by atoms with E-state index >= 15 is 0 Å². The van der Waals surface area contributed by atoms with Gasteiger partial charge in [-0.1, -0.05) is 109 Å². The molecule has 0 saturated carbocycles. The Morgan fingerprint density at radius 2 is 0.796 bits per heavy atom. The van der Waals surface area contributed by atoms with Crippen molar-refractivity contribution in [2.24, 2.45) is 0 Å². The Balaban J connectivity index is 0.000000140. The molecule has 10 rings (SSSR count). The number of carbonyl (C=O) groups excluding carboxylic acids is 2. The monoisotopic (exact) mass is 913 g/mol. The molecule has 7 heteroatoms. The molecule has 262 valence electrons. The fourth-order valence-electron chi connectivity index (χ4n) is 6.55. The molecule has 4 aromatic heterocycles. The van der Waals surface area contributed by atoms with E-state index in [2.05, 4.69) is 146 Å². The maximum atomic E-state index is 10.0. The van der Waals surface area contributed by atoms with Gasteiger partial charge in [-0.2, -0.15) is 0 Å². The quantitative estimate of drug-likeness (QED) is 0.100. The number of hydrogen-bond acceptors (Lipinski definition) is 6. The van der Waals surface area contributed by atoms with Crippen molar-refractivity contribution in [3.63, 3.8) is 0 Å². The van der Waals surface area contributed by atoms with E-state index < -0.39 is 0 Å². The van der Waals surface area contributed by atoms with Gasteiger partial charge in [0.25, 0.3) is 0 Å². The third-order valence-corrected chi connectivity index (χ3v) is 11.0. The molecule has 4 heterocycles. The summed E-state index contributed by atoms with van der Waals surface area (Å²) < 4.78 is 2.50. The number of Topliss-reactive ketones (excluding diaryl/α,β-unsaturated/α-hetero) is 2. The van der Waals surface area contributed by atoms with Crippen molar-refractivity contribution < 1.29 is 29.7 Å². The molecule has 0 N–H and O–H groups in total. The molecule has 54 heavy (non-hydrogen) atoms. The van der Waals surface area contributed by atoms with Gasteiger partial charge in [-0.15, -0.1) is 47.2 Å². The molecule has 0 fully saturated rings. The van der Waals surface area contributed by atoms with Gasteiger partial charge in [0.2, 0.25) is 0 Å². The summed E-state index contributed by atoms with van der Waals surface area (Å²) in [6, 6.07) is 57.5. The molecule has 0 aliphatic heterocycles. The van der Waals surface area contributed by atoms with Gasteiger partial charge < -0.3 is 0 Å². The maximum Gasteiger partial charge on any atom is 3.00 e. The molecule has 0 aliphatic rings. The Hall–Kier alpha value is -5.43. The molecule has 0 unspecified atom stereocenters. The molecule has 0 radical (unpaired) electrons. The largest absolute Gasteiger partial charge is 3.00 e. The van der Waals surface area contributed by atoms with Crippen LogP contribution in [-0.2, 0) is 29.7 Å². The van der Waals surface area contributed by atoms with Crippen LogP contribution < -0.4 is 0 Å². The molecule has 4 nitrogen and oxygen atoms in total. The van der Waals surface area contributed by atoms with Crippen LogP contribution in [0.25, 0.3) is 84.7 Å². The Morgan fingerprint density at radius 3 is 1.17 bits per heavy atom. The van der Waals surface area contributed by atoms with E-state index in [9.17, 15) is 9.59 Å². The van der Waals surface area contributed by atoms with Gasteiger partial charge in [-0.05, 0) is 66.7 Å². The summed E-state index contributed by atoms with van der Waals surface area (Å²) in [6.07, 6.45) is 0.0833. The minimum atomic E-state index is -0.0625. The van der Waals surface area contributed by atoms with Gasteiger partial charge in [-0.25, -0.2) is 22.7 Å². The van der Waals surface area contributed by atoms with Crippen LogP contribution in [0.4, 0.5) is 0 Å². The summed E-state index contributed by atoms with van der Waals surface area (Å²) in [7, 11) is 0. The van der Waals surface area contributed by atoms with Crippen molar-refractivity contribution in [2.45, 2.75) is 20.3 Å². The number of carbonyl (C=O) groups is 2. The van der Waals surface area contributed by atoms with Crippen LogP contribution >= 0.6 is 22.7 Å². The summed E-state index contributed by atoms with van der Waals surface area (Å²) in [5.74, 6) is -0.125. The van der Waals surface area contributed by atoms with E-state index in [1.165, 1.54) is 55.6 Å². The minimum absolute atomic E-state index is 0. The molecule has 0 amide bonds. The zero-order chi connectivity index (χ0) is 36.3. The van der Waals surface area contributed by atoms with Crippen molar-refractivity contribution in [1.29, 1.82) is 0 Å². The number of thiophene rings is 2. The first-order chi connectivity index (χ1) is 25.9. The molecule has 0 saturated heterocycles. The first-order valence-corrected chi connectivity index (χ1v) is 18.9. The molecule has 6 aromatic carbocycles. The molecular weight excluding hydrogens is 881 g/mol. The number of fused-ring (bicyclic) bond motifs is 8. The Kier molecular flexibility index (Phi) is 11.1. The second kappa shape index (κ2) is 16.3. The van der Waals surface area contributed by atoms with Gasteiger partial charge >= 0.3 is 20.1 Å². The predicted molar refractivity (Wildman–Crippen MR) is 224 cm³/mol. The van der Waals surface area contributed by atoms with Crippen molar-refractivity contribution >= 4 is 97.8 Å². The third-order valence-electron chi connectivity index (χ3n) is 8.84. The number of para-hydroxylation sites is 2. The molecule has 0 spiro atoms. The second-order valence-corrected chi connectivity index (χ2v) is 14.8. The van der Waals surface area contributed by atoms with Crippen LogP contribution in [0, 0.1) is 12.1 Å². The fraction of sp³-hybridized carbons (Fsp3) is 0.0638. The van der Waals surface area contributed by atoms with Gasteiger partial charge in [0.1, 0.15) is 11.6 Å². The predicted octanol–water partition coefficient (Wildman–Crippen LogP) is 12.7. The van der Waals surface area contributed by atoms with Crippen molar-refractivity contribution in [2.75, 3.05) is 0 Å². The van der Waals surface area contributed by atoms with E-state index in [1.807, 2.05) is 12.1 Å². The van der Waals surface area contributed by atoms with Crippen LogP contribution in [0.1, 0.15) is 20.3 Å². The Bertz CT molecular complexity index is 2700. The normalized spacial score (nSPS) is 10.9. The number of nitrogens with zero attached hydrogens (tertiary/aromatic N) is 2. The Morgan fingerprint density at radius 1 is 0.463 bits per heavy atom. The number of aromatic nitrogens is 2. The average molecular weight is 913 g/mol. The zero-order valence-electron chi connectivity index (χ0n) is 29.4. The third kappa shape index (κ3) is 7.63. The summed E-state index contributed by atoms with van der Waals surface area (Å²) in [4.78, 5) is 32.2. The van der Waals surface area contributed by atoms with Crippen molar-refractivity contribution in [3.8, 4) is 21.1 Å². The van der Waals surface area contributed by atoms with E-state index in [4.69, 9.17) is 9.97 Å². The zero-order valence-corrected chi connectivity index (χ0v) is 33.5. The van der Waals surface area contributed by atoms with Crippen molar-refractivity contribution in [1.82, 2.24) is 9.97 Å². The van der Waals surface area contributed by atoms with Crippen LogP contribution in [0.5, 0.6) is 0 Å². The van der Waals surface area contributed by atoms with Crippen LogP contribution in [-0.4, -0.2) is 21.5 Å². The maximum absolute atomic E-state index is 10.0. The standard InChI is InChI=1S/2C21H12NS.C5H8O2.Ir/c2*1-6-12-19-14(7-1)13-20(23-19)21-17-10-3-2-8-15(17)16-9-4-5-11-18(16)22-21;1-4(6)3-5(2)7;/h2*1-12H;3H2,1-2H3;/q2*-1;;+3. The van der Waals surface area contributed by atoms with Gasteiger partial charge in [0, 0.05) is 22.2 Å². The topological polar surface area (TPSA) is 59.9 Å². The fourth-order valence-corrected chi connectivity index (χ4v) is 8.57. The van der Waals surface area contributed by atoms with E-state index in [0.717, 1.165) is 42.9 Å². The van der Waals surface area contributed by atoms with Crippen LogP contribution in [0.2, 0.25) is 0 Å². The van der Waals surface area contributed by atoms with E-state index in [1.54, 1.807) is 22.7 Å². The van der Waals surface area contributed by atoms with E-state index in [0.29, 0.717) is 0 Å². The number of pyridine rings is 2. The first-order valence-electron chi connectivity index (χ1n) is 17.3. The average Bonchev–Trinajstić information content (AvgIpc) is 3.82. The van der Waals surface area contributed by atoms with Crippen molar-refractivity contribution in [3.05, 3.63) is 158 Å². The summed E-state index contributed by atoms with van der Waals surface area (Å²) in [5, 5.41) is 9.60. The first kappa shape index (κ1) is 36.9. The van der Waals surface area contributed by atoms with Gasteiger partial charge in [0.15, 0.2) is 0 Å². The molecule has 0 bridgehead atoms. The summed E-state index contributed by atoms with van der Waals surface area (Å²) in [5.41, 5.74) is 4.13. The summed E-state index contributed by atoms with van der Waals surface area (Å²) >= 11 is 3.51. The van der Waals surface area contributed by atoms with Gasteiger partial charge in [0.05, 0.1) is 17.5 Å². The number of hydrogen-bond donors (Lipinski definition) is 0. The van der Waals surface area contributed by atoms with Crippen LogP contribution in [0.3, 0.4) is 0 Å². The molecule has 0 atom stereocenters. The van der Waals surface area contributed by atoms with Gasteiger partial charge in [-0.3, -0.25) is 19.6 Å². The molecular formula is C47H32IrN2O2S2+. The number of rotatable bonds is 4. The second-order valence-electron chi connectivity index (χ2n) is 12.7. The molecule has 0 aliphatic carbocycles.